The summed E-state index contributed by atoms with van der Waals surface area (Å²) >= 11 is 0. The Bertz CT molecular complexity index is 569. The molecule has 0 aliphatic heterocycles. The largest absolute Gasteiger partial charge is 0.313 e. The average Bonchev–Trinajstić information content (AvgIpc) is 3.18. The molecule has 1 aliphatic rings. The predicted octanol–water partition coefficient (Wildman–Crippen LogP) is 2.81. The van der Waals surface area contributed by atoms with E-state index in [2.05, 4.69) is 47.7 Å². The number of rotatable bonds is 6. The molecule has 0 spiro atoms. The molecule has 1 atom stereocenters. The first-order valence-corrected chi connectivity index (χ1v) is 7.50. The molecule has 0 amide bonds. The lowest BCUT2D eigenvalue weighted by molar-refractivity contribution is 0.566. The Hall–Kier alpha value is -1.61. The number of aryl methyl sites for hydroxylation is 2. The van der Waals surface area contributed by atoms with E-state index in [1.54, 1.807) is 0 Å². The summed E-state index contributed by atoms with van der Waals surface area (Å²) in [7, 11) is 1.98. The number of nitrogens with zero attached hydrogens (tertiary/aromatic N) is 2. The van der Waals surface area contributed by atoms with E-state index in [1.165, 1.54) is 29.7 Å². The Balaban J connectivity index is 1.77. The van der Waals surface area contributed by atoms with Crippen LogP contribution in [0.15, 0.2) is 36.5 Å². The molecule has 106 valence electrons. The van der Waals surface area contributed by atoms with Crippen molar-refractivity contribution in [3.05, 3.63) is 53.3 Å². The van der Waals surface area contributed by atoms with Crippen molar-refractivity contribution in [3.8, 4) is 0 Å². The van der Waals surface area contributed by atoms with Crippen LogP contribution in [0.3, 0.4) is 0 Å². The molecule has 1 aliphatic carbocycles. The Labute approximate surface area is 121 Å². The molecule has 1 N–H and O–H groups in total. The van der Waals surface area contributed by atoms with E-state index in [-0.39, 0.29) is 0 Å². The number of hydrogen-bond donors (Lipinski definition) is 1. The van der Waals surface area contributed by atoms with Gasteiger partial charge < -0.3 is 5.32 Å². The molecule has 2 aromatic rings. The number of hydrogen-bond acceptors (Lipinski definition) is 2. The molecule has 3 rings (SSSR count). The molecule has 0 saturated heterocycles. The third-order valence-corrected chi connectivity index (χ3v) is 4.08. The van der Waals surface area contributed by atoms with Gasteiger partial charge in [-0.05, 0) is 43.4 Å². The first-order chi connectivity index (χ1) is 9.72. The van der Waals surface area contributed by atoms with Crippen LogP contribution < -0.4 is 5.32 Å². The van der Waals surface area contributed by atoms with Crippen LogP contribution in [0.25, 0.3) is 0 Å². The molecular weight excluding hydrogens is 246 g/mol. The van der Waals surface area contributed by atoms with E-state index in [9.17, 15) is 0 Å². The summed E-state index contributed by atoms with van der Waals surface area (Å²) in [5.74, 6) is 0.506. The minimum absolute atomic E-state index is 0.506. The quantitative estimate of drug-likeness (QED) is 0.874. The maximum absolute atomic E-state index is 4.54. The third-order valence-electron chi connectivity index (χ3n) is 4.08. The van der Waals surface area contributed by atoms with Crippen molar-refractivity contribution in [1.82, 2.24) is 15.1 Å². The summed E-state index contributed by atoms with van der Waals surface area (Å²) < 4.78 is 1.89. The fourth-order valence-corrected chi connectivity index (χ4v) is 2.76. The zero-order chi connectivity index (χ0) is 13.9. The predicted molar refractivity (Wildman–Crippen MR) is 81.9 cm³/mol. The monoisotopic (exact) mass is 269 g/mol. The summed E-state index contributed by atoms with van der Waals surface area (Å²) in [5.41, 5.74) is 4.01. The van der Waals surface area contributed by atoms with Crippen molar-refractivity contribution >= 4 is 0 Å². The van der Waals surface area contributed by atoms with Gasteiger partial charge in [-0.3, -0.25) is 4.68 Å². The van der Waals surface area contributed by atoms with Crippen molar-refractivity contribution in [3.63, 3.8) is 0 Å². The highest BCUT2D eigenvalue weighted by Gasteiger charge is 2.23. The van der Waals surface area contributed by atoms with Gasteiger partial charge in [-0.15, -0.1) is 0 Å². The van der Waals surface area contributed by atoms with Crippen molar-refractivity contribution < 1.29 is 0 Å². The van der Waals surface area contributed by atoms with Crippen LogP contribution in [-0.4, -0.2) is 22.4 Å². The lowest BCUT2D eigenvalue weighted by Crippen LogP contribution is -2.25. The van der Waals surface area contributed by atoms with Gasteiger partial charge >= 0.3 is 0 Å². The third kappa shape index (κ3) is 3.28. The smallest absolute Gasteiger partial charge is 0.0631 e. The lowest BCUT2D eigenvalue weighted by atomic mass is 9.91. The molecule has 1 saturated carbocycles. The van der Waals surface area contributed by atoms with Gasteiger partial charge in [-0.25, -0.2) is 0 Å². The standard InChI is InChI=1S/C17H23N3/c1-13-5-3-4-6-17(13)14(12-18-15-7-8-15)11-16-9-10-20(2)19-16/h3-6,9-10,14-15,18H,7-8,11-12H2,1-2H3. The number of nitrogens with one attached hydrogen (secondary N) is 1. The van der Waals surface area contributed by atoms with E-state index in [1.807, 2.05) is 17.9 Å². The van der Waals surface area contributed by atoms with Crippen LogP contribution >= 0.6 is 0 Å². The molecule has 0 radical (unpaired) electrons. The van der Waals surface area contributed by atoms with E-state index in [0.717, 1.165) is 19.0 Å². The second-order valence-corrected chi connectivity index (χ2v) is 5.92. The zero-order valence-corrected chi connectivity index (χ0v) is 12.3. The van der Waals surface area contributed by atoms with Gasteiger partial charge in [0.2, 0.25) is 0 Å². The summed E-state index contributed by atoms with van der Waals surface area (Å²) in [6, 6.07) is 11.6. The van der Waals surface area contributed by atoms with Crippen LogP contribution in [0.2, 0.25) is 0 Å². The van der Waals surface area contributed by atoms with Crippen molar-refractivity contribution in [2.45, 2.75) is 38.1 Å². The molecule has 1 aromatic heterocycles. The number of aromatic nitrogens is 2. The Morgan fingerprint density at radius 2 is 2.10 bits per heavy atom. The Kier molecular flexibility index (Phi) is 3.88. The van der Waals surface area contributed by atoms with Crippen LogP contribution in [0.4, 0.5) is 0 Å². The zero-order valence-electron chi connectivity index (χ0n) is 12.3. The van der Waals surface area contributed by atoms with Crippen LogP contribution in [0.5, 0.6) is 0 Å². The van der Waals surface area contributed by atoms with Crippen molar-refractivity contribution in [1.29, 1.82) is 0 Å². The van der Waals surface area contributed by atoms with Gasteiger partial charge in [-0.2, -0.15) is 5.10 Å². The minimum atomic E-state index is 0.506. The maximum Gasteiger partial charge on any atom is 0.0631 e. The highest BCUT2D eigenvalue weighted by molar-refractivity contribution is 5.30. The van der Waals surface area contributed by atoms with Crippen LogP contribution in [0.1, 0.15) is 35.6 Å². The van der Waals surface area contributed by atoms with Gasteiger partial charge in [0.1, 0.15) is 0 Å². The Morgan fingerprint density at radius 1 is 1.30 bits per heavy atom. The maximum atomic E-state index is 4.54. The van der Waals surface area contributed by atoms with Gasteiger partial charge in [0, 0.05) is 31.7 Å². The van der Waals surface area contributed by atoms with Crippen LogP contribution in [-0.2, 0) is 13.5 Å². The molecule has 3 nitrogen and oxygen atoms in total. The second-order valence-electron chi connectivity index (χ2n) is 5.92. The molecule has 1 heterocycles. The number of benzene rings is 1. The highest BCUT2D eigenvalue weighted by Crippen LogP contribution is 2.25. The summed E-state index contributed by atoms with van der Waals surface area (Å²) in [5, 5.41) is 8.21. The van der Waals surface area contributed by atoms with E-state index < -0.39 is 0 Å². The average molecular weight is 269 g/mol. The fourth-order valence-electron chi connectivity index (χ4n) is 2.76. The van der Waals surface area contributed by atoms with E-state index in [4.69, 9.17) is 0 Å². The van der Waals surface area contributed by atoms with Crippen LogP contribution in [0, 0.1) is 6.92 Å². The molecule has 0 bridgehead atoms. The highest BCUT2D eigenvalue weighted by atomic mass is 15.2. The minimum Gasteiger partial charge on any atom is -0.313 e. The first kappa shape index (κ1) is 13.4. The fraction of sp³-hybridized carbons (Fsp3) is 0.471. The van der Waals surface area contributed by atoms with E-state index >= 15 is 0 Å². The van der Waals surface area contributed by atoms with Gasteiger partial charge in [-0.1, -0.05) is 24.3 Å². The topological polar surface area (TPSA) is 29.9 Å². The second kappa shape index (κ2) is 5.80. The first-order valence-electron chi connectivity index (χ1n) is 7.50. The van der Waals surface area contributed by atoms with Crippen molar-refractivity contribution in [2.75, 3.05) is 6.54 Å². The van der Waals surface area contributed by atoms with E-state index in [0.29, 0.717) is 5.92 Å². The normalized spacial score (nSPS) is 16.3. The summed E-state index contributed by atoms with van der Waals surface area (Å²) in [4.78, 5) is 0. The van der Waals surface area contributed by atoms with Crippen molar-refractivity contribution in [2.24, 2.45) is 7.05 Å². The SMILES string of the molecule is Cc1ccccc1C(CNC1CC1)Cc1ccn(C)n1. The molecule has 1 aromatic carbocycles. The van der Waals surface area contributed by atoms with Gasteiger partial charge in [0.05, 0.1) is 5.69 Å². The molecule has 1 fully saturated rings. The summed E-state index contributed by atoms with van der Waals surface area (Å²) in [6.07, 6.45) is 5.71. The van der Waals surface area contributed by atoms with Gasteiger partial charge in [0.15, 0.2) is 0 Å². The Morgan fingerprint density at radius 3 is 2.75 bits per heavy atom. The molecule has 3 heteroatoms. The molecule has 20 heavy (non-hydrogen) atoms. The van der Waals surface area contributed by atoms with Gasteiger partial charge in [0.25, 0.3) is 0 Å². The molecular formula is C17H23N3. The molecule has 1 unspecified atom stereocenters. The lowest BCUT2D eigenvalue weighted by Gasteiger charge is -2.19. The summed E-state index contributed by atoms with van der Waals surface area (Å²) in [6.45, 7) is 3.25.